The molecule has 0 radical (unpaired) electrons. The average Bonchev–Trinajstić information content (AvgIpc) is 3.27. The van der Waals surface area contributed by atoms with E-state index in [1.54, 1.807) is 4.90 Å². The van der Waals surface area contributed by atoms with Gasteiger partial charge >= 0.3 is 0 Å². The Kier molecular flexibility index (Phi) is 6.60. The van der Waals surface area contributed by atoms with E-state index in [0.29, 0.717) is 24.5 Å². The van der Waals surface area contributed by atoms with Crippen LogP contribution in [0.3, 0.4) is 0 Å². The number of hydrogen-bond donors (Lipinski definition) is 0. The van der Waals surface area contributed by atoms with Crippen LogP contribution in [0.15, 0.2) is 53.7 Å². The van der Waals surface area contributed by atoms with Crippen molar-refractivity contribution < 1.29 is 13.2 Å². The highest BCUT2D eigenvalue weighted by atomic mass is 35.5. The first-order valence-electron chi connectivity index (χ1n) is 10.2. The van der Waals surface area contributed by atoms with Crippen molar-refractivity contribution in [2.45, 2.75) is 31.1 Å². The molecule has 1 amide bonds. The number of nitrogens with zero attached hydrogens (tertiary/aromatic N) is 3. The number of benzene rings is 2. The zero-order valence-electron chi connectivity index (χ0n) is 17.2. The van der Waals surface area contributed by atoms with Gasteiger partial charge in [-0.15, -0.1) is 0 Å². The molecule has 3 aromatic rings. The first-order chi connectivity index (χ1) is 14.9. The predicted molar refractivity (Wildman–Crippen MR) is 125 cm³/mol. The van der Waals surface area contributed by atoms with Crippen LogP contribution in [0.1, 0.15) is 18.9 Å². The lowest BCUT2D eigenvalue weighted by Crippen LogP contribution is -2.42. The molecule has 0 aliphatic carbocycles. The second-order valence-corrected chi connectivity index (χ2v) is 11.2. The maximum atomic E-state index is 12.9. The Balaban J connectivity index is 1.56. The van der Waals surface area contributed by atoms with E-state index >= 15 is 0 Å². The van der Waals surface area contributed by atoms with E-state index in [9.17, 15) is 13.2 Å². The summed E-state index contributed by atoms with van der Waals surface area (Å²) >= 11 is 7.53. The molecule has 1 unspecified atom stereocenters. The molecule has 1 aliphatic heterocycles. The number of fused-ring (bicyclic) bond motifs is 1. The van der Waals surface area contributed by atoms with E-state index < -0.39 is 9.84 Å². The van der Waals surface area contributed by atoms with Gasteiger partial charge in [0.1, 0.15) is 0 Å². The van der Waals surface area contributed by atoms with E-state index in [1.807, 2.05) is 43.3 Å². The highest BCUT2D eigenvalue weighted by molar-refractivity contribution is 7.99. The fourth-order valence-corrected chi connectivity index (χ4v) is 6.78. The Bertz CT molecular complexity index is 1200. The Labute approximate surface area is 191 Å². The molecule has 0 saturated carbocycles. The summed E-state index contributed by atoms with van der Waals surface area (Å²) in [5.74, 6) is 0.353. The third-order valence-electron chi connectivity index (χ3n) is 5.49. The quantitative estimate of drug-likeness (QED) is 0.483. The summed E-state index contributed by atoms with van der Waals surface area (Å²) in [6.07, 6.45) is 0.512. The molecule has 1 aliphatic rings. The van der Waals surface area contributed by atoms with Gasteiger partial charge in [-0.05, 0) is 37.1 Å². The lowest BCUT2D eigenvalue weighted by atomic mass is 10.2. The summed E-state index contributed by atoms with van der Waals surface area (Å²) in [6.45, 7) is 3.02. The standard InChI is InChI=1S/C22H24ClN3O3S2/c1-2-25(18-10-11-31(28,29)15-18)21(27)14-30-22-24-19-12-17(23)8-9-20(19)26(22)13-16-6-4-3-5-7-16/h3-9,12,18H,2,10-11,13-15H2,1H3. The van der Waals surface area contributed by atoms with Crippen molar-refractivity contribution in [3.05, 3.63) is 59.1 Å². The van der Waals surface area contributed by atoms with Gasteiger partial charge in [0.05, 0.1) is 34.8 Å². The minimum atomic E-state index is -3.04. The van der Waals surface area contributed by atoms with Gasteiger partial charge in [0.15, 0.2) is 15.0 Å². The maximum Gasteiger partial charge on any atom is 0.233 e. The minimum Gasteiger partial charge on any atom is -0.338 e. The van der Waals surface area contributed by atoms with E-state index in [4.69, 9.17) is 16.6 Å². The van der Waals surface area contributed by atoms with Gasteiger partial charge in [-0.25, -0.2) is 13.4 Å². The van der Waals surface area contributed by atoms with Crippen molar-refractivity contribution in [1.82, 2.24) is 14.5 Å². The summed E-state index contributed by atoms with van der Waals surface area (Å²) in [7, 11) is -3.04. The van der Waals surface area contributed by atoms with Gasteiger partial charge in [0, 0.05) is 17.6 Å². The van der Waals surface area contributed by atoms with Crippen LogP contribution in [0, 0.1) is 0 Å². The minimum absolute atomic E-state index is 0.0578. The molecule has 0 bridgehead atoms. The number of thioether (sulfide) groups is 1. The zero-order valence-corrected chi connectivity index (χ0v) is 19.6. The third-order valence-corrected chi connectivity index (χ3v) is 8.44. The fraction of sp³-hybridized carbons (Fsp3) is 0.364. The number of imidazole rings is 1. The number of amides is 1. The summed E-state index contributed by atoms with van der Waals surface area (Å²) in [6, 6.07) is 15.5. The first-order valence-corrected chi connectivity index (χ1v) is 13.4. The molecule has 2 aromatic carbocycles. The molecule has 0 spiro atoms. The SMILES string of the molecule is CCN(C(=O)CSc1nc2cc(Cl)ccc2n1Cc1ccccc1)C1CCS(=O)(=O)C1. The Morgan fingerprint density at radius 3 is 2.71 bits per heavy atom. The normalized spacial score (nSPS) is 17.8. The monoisotopic (exact) mass is 477 g/mol. The van der Waals surface area contributed by atoms with Crippen molar-refractivity contribution >= 4 is 50.1 Å². The van der Waals surface area contributed by atoms with Crippen LogP contribution in [0.25, 0.3) is 11.0 Å². The second-order valence-electron chi connectivity index (χ2n) is 7.62. The molecular weight excluding hydrogens is 454 g/mol. The number of rotatable bonds is 7. The molecule has 9 heteroatoms. The summed E-state index contributed by atoms with van der Waals surface area (Å²) in [5.41, 5.74) is 2.88. The Hall–Kier alpha value is -2.03. The van der Waals surface area contributed by atoms with E-state index in [0.717, 1.165) is 21.8 Å². The van der Waals surface area contributed by atoms with E-state index in [-0.39, 0.29) is 29.2 Å². The van der Waals surface area contributed by atoms with Gasteiger partial charge in [0.2, 0.25) is 5.91 Å². The highest BCUT2D eigenvalue weighted by Gasteiger charge is 2.33. The molecule has 164 valence electrons. The van der Waals surface area contributed by atoms with Crippen LogP contribution in [0.5, 0.6) is 0 Å². The molecule has 6 nitrogen and oxygen atoms in total. The topological polar surface area (TPSA) is 72.3 Å². The molecule has 1 atom stereocenters. The average molecular weight is 478 g/mol. The molecule has 1 aromatic heterocycles. The molecule has 31 heavy (non-hydrogen) atoms. The Morgan fingerprint density at radius 2 is 2.03 bits per heavy atom. The van der Waals surface area contributed by atoms with Gasteiger partial charge in [-0.1, -0.05) is 53.7 Å². The molecule has 2 heterocycles. The lowest BCUT2D eigenvalue weighted by molar-refractivity contribution is -0.129. The predicted octanol–water partition coefficient (Wildman–Crippen LogP) is 3.87. The van der Waals surface area contributed by atoms with Crippen molar-refractivity contribution in [2.24, 2.45) is 0 Å². The number of carbonyl (C=O) groups is 1. The van der Waals surface area contributed by atoms with Gasteiger partial charge < -0.3 is 9.47 Å². The smallest absolute Gasteiger partial charge is 0.233 e. The maximum absolute atomic E-state index is 12.9. The summed E-state index contributed by atoms with van der Waals surface area (Å²) in [5, 5.41) is 1.36. The highest BCUT2D eigenvalue weighted by Crippen LogP contribution is 2.28. The third kappa shape index (κ3) is 5.07. The van der Waals surface area contributed by atoms with Gasteiger partial charge in [-0.2, -0.15) is 0 Å². The molecule has 1 fully saturated rings. The van der Waals surface area contributed by atoms with Crippen LogP contribution in [0.4, 0.5) is 0 Å². The van der Waals surface area contributed by atoms with Gasteiger partial charge in [0.25, 0.3) is 0 Å². The summed E-state index contributed by atoms with van der Waals surface area (Å²) in [4.78, 5) is 19.4. The summed E-state index contributed by atoms with van der Waals surface area (Å²) < 4.78 is 25.8. The largest absolute Gasteiger partial charge is 0.338 e. The molecular formula is C22H24ClN3O3S2. The molecule has 4 rings (SSSR count). The van der Waals surface area contributed by atoms with Crippen molar-refractivity contribution in [1.29, 1.82) is 0 Å². The van der Waals surface area contributed by atoms with Crippen molar-refractivity contribution in [3.8, 4) is 0 Å². The van der Waals surface area contributed by atoms with Crippen LogP contribution >= 0.6 is 23.4 Å². The second kappa shape index (κ2) is 9.22. The van der Waals surface area contributed by atoms with Gasteiger partial charge in [-0.3, -0.25) is 4.79 Å². The number of aromatic nitrogens is 2. The van der Waals surface area contributed by atoms with Crippen LogP contribution in [-0.4, -0.2) is 58.6 Å². The fourth-order valence-electron chi connectivity index (χ4n) is 3.98. The zero-order chi connectivity index (χ0) is 22.0. The Morgan fingerprint density at radius 1 is 1.26 bits per heavy atom. The lowest BCUT2D eigenvalue weighted by Gasteiger charge is -2.26. The first kappa shape index (κ1) is 22.2. The number of hydrogen-bond acceptors (Lipinski definition) is 5. The van der Waals surface area contributed by atoms with Crippen molar-refractivity contribution in [3.63, 3.8) is 0 Å². The van der Waals surface area contributed by atoms with E-state index in [2.05, 4.69) is 16.7 Å². The molecule has 1 saturated heterocycles. The van der Waals surface area contributed by atoms with E-state index in [1.165, 1.54) is 11.8 Å². The van der Waals surface area contributed by atoms with Crippen LogP contribution in [-0.2, 0) is 21.2 Å². The molecule has 0 N–H and O–H groups in total. The van der Waals surface area contributed by atoms with Crippen LogP contribution in [0.2, 0.25) is 5.02 Å². The number of sulfone groups is 1. The number of halogens is 1. The van der Waals surface area contributed by atoms with Crippen LogP contribution < -0.4 is 0 Å². The van der Waals surface area contributed by atoms with Crippen molar-refractivity contribution in [2.75, 3.05) is 23.8 Å². The number of carbonyl (C=O) groups excluding carboxylic acids is 1.